The number of nitrogens with one attached hydrogen (secondary N) is 12. The SMILES string of the molecule is CCCC[C@H](NC(=O)[C@H](CC(N)=O)NC(=O)[C@@H]1CCCN1C(=O)CNC(=O)[C@H](Cc1cnc[nH]1)NC(=O)[C@H](CCCCN)NC(=O)[C@H](CC(N)=O)NC(=O)[C@@H]1CCCN1C(=O)CNC(=O)[C@H](Cc1cnc[nH]1)NC(=O)CNC(=O)CNC(=O)[C@@H](N)Cc1ccccc1)C(=O)O. The lowest BCUT2D eigenvalue weighted by Gasteiger charge is -2.28. The number of benzene rings is 1. The molecule has 3 aromatic rings. The van der Waals surface area contributed by atoms with E-state index in [1.165, 1.54) is 25.0 Å². The van der Waals surface area contributed by atoms with Crippen molar-refractivity contribution in [2.45, 2.75) is 158 Å². The Morgan fingerprint density at radius 1 is 0.537 bits per heavy atom. The number of imidazole rings is 2. The molecule has 0 spiro atoms. The van der Waals surface area contributed by atoms with Gasteiger partial charge in [-0.15, -0.1) is 0 Å². The molecule has 518 valence electrons. The van der Waals surface area contributed by atoms with Crippen molar-refractivity contribution < 1.29 is 77.0 Å². The number of amides is 14. The average molecular weight is 1330 g/mol. The van der Waals surface area contributed by atoms with Crippen molar-refractivity contribution in [1.82, 2.24) is 82.9 Å². The number of carbonyl (C=O) groups excluding carboxylic acids is 14. The third-order valence-electron chi connectivity index (χ3n) is 15.4. The number of H-pyrrole nitrogens is 2. The van der Waals surface area contributed by atoms with Crippen LogP contribution in [0, 0.1) is 0 Å². The molecule has 2 aromatic heterocycles. The van der Waals surface area contributed by atoms with Crippen LogP contribution >= 0.6 is 0 Å². The molecule has 0 unspecified atom stereocenters. The van der Waals surface area contributed by atoms with Crippen LogP contribution in [0.5, 0.6) is 0 Å². The highest BCUT2D eigenvalue weighted by Crippen LogP contribution is 2.20. The number of carboxylic acids is 1. The van der Waals surface area contributed by atoms with E-state index in [1.807, 2.05) is 13.0 Å². The van der Waals surface area contributed by atoms with Crippen LogP contribution in [0.3, 0.4) is 0 Å². The largest absolute Gasteiger partial charge is 0.480 e. The van der Waals surface area contributed by atoms with Crippen LogP contribution in [-0.4, -0.2) is 224 Å². The van der Waals surface area contributed by atoms with Gasteiger partial charge in [-0.25, -0.2) is 14.8 Å². The minimum Gasteiger partial charge on any atom is -0.480 e. The number of primary amides is 2. The number of carbonyl (C=O) groups is 15. The Balaban J connectivity index is 1.19. The van der Waals surface area contributed by atoms with Crippen molar-refractivity contribution >= 4 is 88.7 Å². The number of unbranched alkanes of at least 4 members (excludes halogenated alkanes) is 2. The smallest absolute Gasteiger partial charge is 0.326 e. The lowest BCUT2D eigenvalue weighted by molar-refractivity contribution is -0.143. The maximum Gasteiger partial charge on any atom is 0.326 e. The second-order valence-corrected chi connectivity index (χ2v) is 22.8. The number of aromatic amines is 2. The Morgan fingerprint density at radius 2 is 1.00 bits per heavy atom. The molecule has 2 saturated heterocycles. The van der Waals surface area contributed by atoms with Gasteiger partial charge in [0.15, 0.2) is 0 Å². The number of carboxylic acid groups (broad SMARTS) is 1. The molecule has 4 heterocycles. The zero-order valence-corrected chi connectivity index (χ0v) is 52.6. The first-order chi connectivity index (χ1) is 45.4. The van der Waals surface area contributed by atoms with Gasteiger partial charge in [0, 0.05) is 49.7 Å². The number of likely N-dealkylation sites (tertiary alicyclic amines) is 2. The number of aliphatic carboxylic acids is 1. The fourth-order valence-electron chi connectivity index (χ4n) is 10.4. The standard InChI is InChI=1S/C59H86N20O16/c1-2-3-13-38(59(94)95)74-56(91)42(24-46(63)81)77-58(93)44-16-10-19-79(44)50(85)30-69-53(88)40(22-35-26-65-32-71-35)75-54(89)37(14-7-8-17-60)73-55(90)41(23-45(62)80)76-57(92)43-15-9-18-78(43)49(84)29-68-52(87)39(21-34-25-64-31-70-34)72-48(83)28-66-47(82)27-67-51(86)36(61)20-33-11-5-4-6-12-33/h4-6,11-12,25-26,31-32,36-44H,2-3,7-10,13-24,27-30,60-61H2,1H3,(H2,62,80)(H2,63,81)(H,64,70)(H,65,71)(H,66,82)(H,67,86)(H,68,87)(H,69,88)(H,72,83)(H,73,90)(H,74,91)(H,75,89)(H,76,92)(H,77,93)(H,94,95)/t36-,37-,38-,39-,40-,41-,42-,43-,44-/m0/s1. The first-order valence-electron chi connectivity index (χ1n) is 31.1. The summed E-state index contributed by atoms with van der Waals surface area (Å²) in [6.45, 7) is -0.441. The number of nitrogens with two attached hydrogens (primary N) is 4. The summed E-state index contributed by atoms with van der Waals surface area (Å²) in [5.41, 5.74) is 24.2. The van der Waals surface area contributed by atoms with E-state index in [4.69, 9.17) is 22.9 Å². The molecule has 1 aromatic carbocycles. The van der Waals surface area contributed by atoms with E-state index in [0.717, 1.165) is 15.4 Å². The molecule has 2 aliphatic heterocycles. The van der Waals surface area contributed by atoms with Gasteiger partial charge >= 0.3 is 5.97 Å². The highest BCUT2D eigenvalue weighted by atomic mass is 16.4. The fraction of sp³-hybridized carbons (Fsp3) is 0.542. The molecule has 0 saturated carbocycles. The molecule has 14 amide bonds. The van der Waals surface area contributed by atoms with E-state index in [-0.39, 0.29) is 71.0 Å². The average Bonchev–Trinajstić information content (AvgIpc) is 1.65. The number of rotatable bonds is 40. The molecule has 36 nitrogen and oxygen atoms in total. The Morgan fingerprint density at radius 3 is 1.47 bits per heavy atom. The topological polar surface area (TPSA) is 564 Å². The number of hydrogen-bond acceptors (Lipinski definition) is 19. The van der Waals surface area contributed by atoms with E-state index in [1.54, 1.807) is 24.3 Å². The van der Waals surface area contributed by atoms with Gasteiger partial charge in [0.05, 0.1) is 57.7 Å². The Labute approximate surface area is 545 Å². The van der Waals surface area contributed by atoms with Gasteiger partial charge in [0.25, 0.3) is 0 Å². The van der Waals surface area contributed by atoms with Crippen molar-refractivity contribution in [2.75, 3.05) is 45.8 Å². The quantitative estimate of drug-likeness (QED) is 0.0235. The van der Waals surface area contributed by atoms with Crippen LogP contribution in [0.1, 0.15) is 101 Å². The molecular formula is C59H86N20O16. The van der Waals surface area contributed by atoms with Crippen molar-refractivity contribution in [3.63, 3.8) is 0 Å². The zero-order chi connectivity index (χ0) is 69.6. The van der Waals surface area contributed by atoms with Gasteiger partial charge in [-0.1, -0.05) is 50.1 Å². The summed E-state index contributed by atoms with van der Waals surface area (Å²) in [5.74, 6) is -13.5. The molecule has 0 bridgehead atoms. The summed E-state index contributed by atoms with van der Waals surface area (Å²) in [5, 5.41) is 34.1. The van der Waals surface area contributed by atoms with E-state index in [9.17, 15) is 77.0 Å². The van der Waals surface area contributed by atoms with Crippen molar-refractivity contribution in [1.29, 1.82) is 0 Å². The van der Waals surface area contributed by atoms with Gasteiger partial charge in [0.2, 0.25) is 82.7 Å². The summed E-state index contributed by atoms with van der Waals surface area (Å²) in [4.78, 5) is 215. The maximum absolute atomic E-state index is 14.3. The predicted molar refractivity (Wildman–Crippen MR) is 333 cm³/mol. The van der Waals surface area contributed by atoms with Gasteiger partial charge in [-0.05, 0) is 69.9 Å². The maximum atomic E-state index is 14.3. The third-order valence-corrected chi connectivity index (χ3v) is 15.4. The third kappa shape index (κ3) is 25.2. The van der Waals surface area contributed by atoms with Gasteiger partial charge < -0.3 is 101 Å². The first kappa shape index (κ1) is 75.3. The van der Waals surface area contributed by atoms with Gasteiger partial charge in [-0.3, -0.25) is 67.1 Å². The molecule has 0 aliphatic carbocycles. The predicted octanol–water partition coefficient (Wildman–Crippen LogP) is -7.00. The number of aromatic nitrogens is 4. The molecule has 2 fully saturated rings. The Bertz CT molecular complexity index is 3150. The Hall–Kier alpha value is -10.4. The molecule has 9 atom stereocenters. The first-order valence-corrected chi connectivity index (χ1v) is 31.1. The molecule has 0 radical (unpaired) electrons. The lowest BCUT2D eigenvalue weighted by atomic mass is 10.0. The van der Waals surface area contributed by atoms with E-state index >= 15 is 0 Å². The Kier molecular flexibility index (Phi) is 30.6. The van der Waals surface area contributed by atoms with Crippen LogP contribution in [0.2, 0.25) is 0 Å². The van der Waals surface area contributed by atoms with Crippen LogP contribution < -0.4 is 76.1 Å². The van der Waals surface area contributed by atoms with Crippen LogP contribution in [0.15, 0.2) is 55.4 Å². The normalized spacial score (nSPS) is 16.4. The fourth-order valence-corrected chi connectivity index (χ4v) is 10.4. The summed E-state index contributed by atoms with van der Waals surface area (Å²) in [6, 6.07) is -3.28. The highest BCUT2D eigenvalue weighted by Gasteiger charge is 2.40. The van der Waals surface area contributed by atoms with E-state index in [0.29, 0.717) is 43.5 Å². The molecular weight excluding hydrogens is 1240 g/mol. The molecule has 95 heavy (non-hydrogen) atoms. The molecule has 21 N–H and O–H groups in total. The number of nitrogens with zero attached hydrogens (tertiary/aromatic N) is 4. The monoisotopic (exact) mass is 1330 g/mol. The zero-order valence-electron chi connectivity index (χ0n) is 52.6. The number of hydrogen-bond donors (Lipinski definition) is 17. The summed E-state index contributed by atoms with van der Waals surface area (Å²) >= 11 is 0. The van der Waals surface area contributed by atoms with E-state index < -0.39 is 182 Å². The van der Waals surface area contributed by atoms with Crippen molar-refractivity contribution in [3.8, 4) is 0 Å². The highest BCUT2D eigenvalue weighted by molar-refractivity contribution is 6.00. The van der Waals surface area contributed by atoms with Crippen molar-refractivity contribution in [2.24, 2.45) is 22.9 Å². The van der Waals surface area contributed by atoms with Crippen LogP contribution in [0.4, 0.5) is 0 Å². The van der Waals surface area contributed by atoms with Crippen LogP contribution in [0.25, 0.3) is 0 Å². The van der Waals surface area contributed by atoms with E-state index in [2.05, 4.69) is 73.1 Å². The van der Waals surface area contributed by atoms with Gasteiger partial charge in [-0.2, -0.15) is 0 Å². The molecule has 2 aliphatic rings. The minimum absolute atomic E-state index is 0.0213. The minimum atomic E-state index is -1.72. The summed E-state index contributed by atoms with van der Waals surface area (Å²) in [6.07, 6.45) is 6.22. The molecule has 36 heteroatoms. The second kappa shape index (κ2) is 38.6. The summed E-state index contributed by atoms with van der Waals surface area (Å²) in [7, 11) is 0. The summed E-state index contributed by atoms with van der Waals surface area (Å²) < 4.78 is 0. The van der Waals surface area contributed by atoms with Crippen molar-refractivity contribution in [3.05, 3.63) is 72.3 Å². The molecule has 5 rings (SSSR count). The van der Waals surface area contributed by atoms with Gasteiger partial charge in [0.1, 0.15) is 48.3 Å². The second-order valence-electron chi connectivity index (χ2n) is 22.8. The lowest BCUT2D eigenvalue weighted by Crippen LogP contribution is -2.59. The van der Waals surface area contributed by atoms with Crippen LogP contribution in [-0.2, 0) is 91.2 Å².